The number of ether oxygens (including phenoxy) is 1. The van der Waals surface area contributed by atoms with Gasteiger partial charge in [-0.1, -0.05) is 65.7 Å². The second-order valence-corrected chi connectivity index (χ2v) is 16.7. The van der Waals surface area contributed by atoms with Gasteiger partial charge >= 0.3 is 29.6 Å². The van der Waals surface area contributed by atoms with Crippen LogP contribution in [-0.4, -0.2) is 43.2 Å². The van der Waals surface area contributed by atoms with E-state index in [0.717, 1.165) is 44.9 Å². The Labute approximate surface area is 245 Å². The molecule has 13 heteroatoms. The van der Waals surface area contributed by atoms with Gasteiger partial charge in [-0.2, -0.15) is 16.8 Å². The molecule has 2 saturated carbocycles. The SMILES string of the molecule is CCCCC(C)(C)c1cc(OC(=O)CS(=O)(=O)O)c(C2CCC(C3CCCCC3)CC2)c(O[P+](=O)CS(=O)(=O)O)c1. The van der Waals surface area contributed by atoms with E-state index >= 15 is 0 Å². The van der Waals surface area contributed by atoms with Crippen molar-refractivity contribution < 1.29 is 44.6 Å². The minimum Gasteiger partial charge on any atom is -0.425 e. The lowest BCUT2D eigenvalue weighted by atomic mass is 9.69. The van der Waals surface area contributed by atoms with Gasteiger partial charge in [0.25, 0.3) is 10.1 Å². The van der Waals surface area contributed by atoms with Crippen molar-refractivity contribution in [2.45, 2.75) is 109 Å². The highest BCUT2D eigenvalue weighted by Crippen LogP contribution is 2.50. The van der Waals surface area contributed by atoms with Crippen LogP contribution in [0.1, 0.15) is 115 Å². The summed E-state index contributed by atoms with van der Waals surface area (Å²) in [5.41, 5.74) is -0.461. The summed E-state index contributed by atoms with van der Waals surface area (Å²) < 4.78 is 88.2. The number of benzene rings is 1. The van der Waals surface area contributed by atoms with Gasteiger partial charge in [-0.25, -0.2) is 0 Å². The molecule has 1 unspecified atom stereocenters. The molecule has 1 atom stereocenters. The van der Waals surface area contributed by atoms with Gasteiger partial charge in [-0.05, 0) is 77.5 Å². The first-order valence-electron chi connectivity index (χ1n) is 14.5. The molecule has 3 rings (SSSR count). The fourth-order valence-electron chi connectivity index (χ4n) is 6.37. The fraction of sp³-hybridized carbons (Fsp3) is 0.750. The third-order valence-electron chi connectivity index (χ3n) is 8.53. The number of rotatable bonds is 13. The van der Waals surface area contributed by atoms with E-state index < -0.39 is 50.9 Å². The molecule has 0 heterocycles. The van der Waals surface area contributed by atoms with Gasteiger partial charge in [0, 0.05) is 5.56 Å². The maximum atomic E-state index is 12.7. The highest BCUT2D eigenvalue weighted by molar-refractivity contribution is 7.91. The Bertz CT molecular complexity index is 1220. The van der Waals surface area contributed by atoms with Crippen molar-refractivity contribution in [1.82, 2.24) is 0 Å². The lowest BCUT2D eigenvalue weighted by molar-refractivity contribution is -0.131. The van der Waals surface area contributed by atoms with E-state index in [9.17, 15) is 35.3 Å². The predicted octanol–water partition coefficient (Wildman–Crippen LogP) is 6.77. The van der Waals surface area contributed by atoms with Gasteiger partial charge in [-0.15, -0.1) is 0 Å². The van der Waals surface area contributed by atoms with E-state index in [1.807, 2.05) is 13.8 Å². The van der Waals surface area contributed by atoms with Crippen molar-refractivity contribution in [3.8, 4) is 11.5 Å². The highest BCUT2D eigenvalue weighted by atomic mass is 32.2. The number of hydrogen-bond acceptors (Lipinski definition) is 8. The van der Waals surface area contributed by atoms with Crippen LogP contribution in [0.15, 0.2) is 12.1 Å². The van der Waals surface area contributed by atoms with Gasteiger partial charge in [-0.3, -0.25) is 18.4 Å². The smallest absolute Gasteiger partial charge is 0.425 e. The van der Waals surface area contributed by atoms with Crippen LogP contribution in [0.5, 0.6) is 11.5 Å². The molecule has 2 aliphatic rings. The minimum absolute atomic E-state index is 0.0482. The largest absolute Gasteiger partial charge is 0.575 e. The predicted molar refractivity (Wildman–Crippen MR) is 157 cm³/mol. The lowest BCUT2D eigenvalue weighted by Crippen LogP contribution is -2.25. The average Bonchev–Trinajstić information content (AvgIpc) is 2.86. The Morgan fingerprint density at radius 2 is 1.51 bits per heavy atom. The van der Waals surface area contributed by atoms with E-state index in [1.165, 1.54) is 32.1 Å². The summed E-state index contributed by atoms with van der Waals surface area (Å²) in [6, 6.07) is 3.36. The highest BCUT2D eigenvalue weighted by Gasteiger charge is 2.37. The summed E-state index contributed by atoms with van der Waals surface area (Å²) >= 11 is 0. The molecule has 41 heavy (non-hydrogen) atoms. The first kappa shape index (κ1) is 33.9. The van der Waals surface area contributed by atoms with E-state index in [0.29, 0.717) is 23.0 Å². The van der Waals surface area contributed by atoms with Crippen molar-refractivity contribution in [2.24, 2.45) is 11.8 Å². The molecule has 1 aromatic rings. The first-order chi connectivity index (χ1) is 19.1. The molecular weight excluding hydrogens is 591 g/mol. The second-order valence-electron chi connectivity index (χ2n) is 12.2. The van der Waals surface area contributed by atoms with Gasteiger partial charge in [0.1, 0.15) is 5.75 Å². The lowest BCUT2D eigenvalue weighted by Gasteiger charge is -2.36. The zero-order chi connectivity index (χ0) is 30.4. The van der Waals surface area contributed by atoms with Crippen LogP contribution in [0, 0.1) is 11.8 Å². The maximum Gasteiger partial charge on any atom is 0.575 e. The van der Waals surface area contributed by atoms with E-state index in [4.69, 9.17) is 9.26 Å². The molecule has 10 nitrogen and oxygen atoms in total. The van der Waals surface area contributed by atoms with Crippen LogP contribution in [0.4, 0.5) is 0 Å². The molecule has 0 bridgehead atoms. The summed E-state index contributed by atoms with van der Waals surface area (Å²) in [6.07, 6.45) is 12.1. The molecule has 2 fully saturated rings. The van der Waals surface area contributed by atoms with Gasteiger partial charge in [0.2, 0.25) is 0 Å². The van der Waals surface area contributed by atoms with Crippen molar-refractivity contribution in [2.75, 3.05) is 11.2 Å². The van der Waals surface area contributed by atoms with Crippen LogP contribution in [0.25, 0.3) is 0 Å². The van der Waals surface area contributed by atoms with Crippen molar-refractivity contribution in [3.05, 3.63) is 23.3 Å². The minimum atomic E-state index is -4.65. The normalized spacial score (nSPS) is 21.3. The van der Waals surface area contributed by atoms with Gasteiger partial charge in [0.05, 0.1) is 0 Å². The van der Waals surface area contributed by atoms with Crippen molar-refractivity contribution >= 4 is 34.2 Å². The Kier molecular flexibility index (Phi) is 11.8. The van der Waals surface area contributed by atoms with Crippen LogP contribution < -0.4 is 9.26 Å². The topological polar surface area (TPSA) is 161 Å². The molecule has 232 valence electrons. The standard InChI is InChI=1S/C28H43O10PS2/c1-4-5-15-28(2,3)23-16-24(37-26(29)18-40(31,32)33)27(25(17-23)38-39(30)19-41(34,35)36)22-13-11-21(12-14-22)20-9-7-6-8-10-20/h16-17,20-22H,4-15,18-19H2,1-3H3,(H-,31,32,33,34,35,36)/p+1. The molecule has 2 aliphatic carbocycles. The summed E-state index contributed by atoms with van der Waals surface area (Å²) in [7, 11) is -12.1. The molecule has 1 aromatic carbocycles. The first-order valence-corrected chi connectivity index (χ1v) is 19.1. The maximum absolute atomic E-state index is 12.7. The molecule has 0 radical (unpaired) electrons. The molecular formula is C28H44O10PS2+. The molecule has 0 aliphatic heterocycles. The molecule has 2 N–H and O–H groups in total. The summed E-state index contributed by atoms with van der Waals surface area (Å²) in [4.78, 5) is 12.6. The quantitative estimate of drug-likeness (QED) is 0.102. The molecule has 0 spiro atoms. The van der Waals surface area contributed by atoms with E-state index in [1.54, 1.807) is 12.1 Å². The van der Waals surface area contributed by atoms with Crippen LogP contribution in [-0.2, 0) is 35.0 Å². The van der Waals surface area contributed by atoms with Crippen LogP contribution >= 0.6 is 8.03 Å². The summed E-state index contributed by atoms with van der Waals surface area (Å²) in [5.74, 6) is -1.21. The zero-order valence-corrected chi connectivity index (χ0v) is 26.7. The van der Waals surface area contributed by atoms with Crippen LogP contribution in [0.2, 0.25) is 0 Å². The zero-order valence-electron chi connectivity index (χ0n) is 24.2. The van der Waals surface area contributed by atoms with E-state index in [-0.39, 0.29) is 17.4 Å². The Morgan fingerprint density at radius 1 is 0.927 bits per heavy atom. The van der Waals surface area contributed by atoms with Gasteiger partial charge < -0.3 is 4.74 Å². The molecule has 0 saturated heterocycles. The Morgan fingerprint density at radius 3 is 2.07 bits per heavy atom. The average molecular weight is 636 g/mol. The number of hydrogen-bond donors (Lipinski definition) is 2. The number of unbranched alkanes of at least 4 members (excludes halogenated alkanes) is 1. The number of carbonyl (C=O) groups excluding carboxylic acids is 1. The van der Waals surface area contributed by atoms with Crippen molar-refractivity contribution in [3.63, 3.8) is 0 Å². The molecule has 0 aromatic heterocycles. The Hall–Kier alpha value is -1.59. The summed E-state index contributed by atoms with van der Waals surface area (Å²) in [6.45, 7) is 6.03. The molecule has 0 amide bonds. The van der Waals surface area contributed by atoms with Gasteiger partial charge in [0.15, 0.2) is 11.5 Å². The number of carbonyl (C=O) groups is 1. The third kappa shape index (κ3) is 10.6. The number of esters is 1. The summed E-state index contributed by atoms with van der Waals surface area (Å²) in [5, 5.41) is 0. The van der Waals surface area contributed by atoms with Crippen molar-refractivity contribution in [1.29, 1.82) is 0 Å². The second kappa shape index (κ2) is 14.3. The Balaban J connectivity index is 2.05. The fourth-order valence-corrected chi connectivity index (χ4v) is 8.38. The monoisotopic (exact) mass is 635 g/mol. The van der Waals surface area contributed by atoms with E-state index in [2.05, 4.69) is 6.92 Å². The third-order valence-corrected chi connectivity index (χ3v) is 11.7. The van der Waals surface area contributed by atoms with Crippen LogP contribution in [0.3, 0.4) is 0 Å².